The van der Waals surface area contributed by atoms with Crippen LogP contribution in [0.4, 0.5) is 10.1 Å². The van der Waals surface area contributed by atoms with Crippen molar-refractivity contribution in [3.63, 3.8) is 0 Å². The second-order valence-electron chi connectivity index (χ2n) is 10.3. The van der Waals surface area contributed by atoms with Crippen molar-refractivity contribution in [1.82, 2.24) is 5.32 Å². The van der Waals surface area contributed by atoms with E-state index in [4.69, 9.17) is 0 Å². The van der Waals surface area contributed by atoms with E-state index in [-0.39, 0.29) is 34.9 Å². The summed E-state index contributed by atoms with van der Waals surface area (Å²) in [6.07, 6.45) is 1.91. The van der Waals surface area contributed by atoms with Gasteiger partial charge in [0.1, 0.15) is 11.6 Å². The van der Waals surface area contributed by atoms with Crippen LogP contribution in [0.5, 0.6) is 5.75 Å². The van der Waals surface area contributed by atoms with Gasteiger partial charge in [0.15, 0.2) is 0 Å². The SMILES string of the molecule is CC(C)(C)c1ccc(CCC(CNC(=O)c2ccccc2O)c2ccc(NS(C)(=O)=O)c(F)c2)c(C#N)c1. The van der Waals surface area contributed by atoms with Crippen molar-refractivity contribution >= 4 is 21.6 Å². The Labute approximate surface area is 223 Å². The molecule has 3 aromatic carbocycles. The molecular weight excluding hydrogens is 505 g/mol. The van der Waals surface area contributed by atoms with E-state index in [1.807, 2.05) is 18.2 Å². The van der Waals surface area contributed by atoms with Crippen LogP contribution < -0.4 is 10.0 Å². The molecule has 9 heteroatoms. The molecule has 0 aliphatic carbocycles. The normalized spacial score (nSPS) is 12.4. The number of sulfonamides is 1. The van der Waals surface area contributed by atoms with E-state index >= 15 is 0 Å². The Morgan fingerprint density at radius 2 is 1.82 bits per heavy atom. The van der Waals surface area contributed by atoms with E-state index in [1.54, 1.807) is 18.2 Å². The molecule has 38 heavy (non-hydrogen) atoms. The van der Waals surface area contributed by atoms with Crippen molar-refractivity contribution in [2.45, 2.75) is 44.9 Å². The van der Waals surface area contributed by atoms with Crippen LogP contribution in [0.3, 0.4) is 0 Å². The van der Waals surface area contributed by atoms with E-state index in [9.17, 15) is 28.0 Å². The fourth-order valence-electron chi connectivity index (χ4n) is 4.13. The summed E-state index contributed by atoms with van der Waals surface area (Å²) in [5.74, 6) is -1.73. The number of halogens is 1. The predicted octanol–water partition coefficient (Wildman–Crippen LogP) is 5.22. The molecule has 0 fully saturated rings. The quantitative estimate of drug-likeness (QED) is 0.346. The number of nitrogens with zero attached hydrogens (tertiary/aromatic N) is 1. The number of phenols is 1. The van der Waals surface area contributed by atoms with Crippen LogP contribution in [0, 0.1) is 17.1 Å². The Morgan fingerprint density at radius 1 is 1.11 bits per heavy atom. The van der Waals surface area contributed by atoms with Crippen LogP contribution in [0.25, 0.3) is 0 Å². The Bertz CT molecular complexity index is 1470. The lowest BCUT2D eigenvalue weighted by atomic mass is 9.84. The molecule has 3 N–H and O–H groups in total. The van der Waals surface area contributed by atoms with E-state index < -0.39 is 21.7 Å². The summed E-state index contributed by atoms with van der Waals surface area (Å²) in [5.41, 5.74) is 2.84. The molecule has 0 spiro atoms. The van der Waals surface area contributed by atoms with Crippen molar-refractivity contribution in [2.24, 2.45) is 0 Å². The zero-order chi connectivity index (χ0) is 28.1. The standard InChI is InChI=1S/C29H32FN3O4S/c1-29(2,3)23-13-11-19(22(15-23)17-31)9-10-21(18-32-28(35)24-7-5-6-8-27(24)34)20-12-14-26(25(30)16-20)33-38(4,36)37/h5-8,11-16,21,33-34H,9-10,18H2,1-4H3,(H,32,35). The number of nitriles is 1. The second-order valence-corrected chi connectivity index (χ2v) is 12.1. The number of nitrogens with one attached hydrogen (secondary N) is 2. The van der Waals surface area contributed by atoms with Crippen LogP contribution in [0.2, 0.25) is 0 Å². The van der Waals surface area contributed by atoms with Crippen LogP contribution in [0.1, 0.15) is 65.7 Å². The van der Waals surface area contributed by atoms with Gasteiger partial charge in [0.05, 0.1) is 29.1 Å². The molecule has 0 aromatic heterocycles. The smallest absolute Gasteiger partial charge is 0.255 e. The predicted molar refractivity (Wildman–Crippen MR) is 146 cm³/mol. The first-order valence-electron chi connectivity index (χ1n) is 12.2. The monoisotopic (exact) mass is 537 g/mol. The van der Waals surface area contributed by atoms with Gasteiger partial charge in [-0.2, -0.15) is 5.26 Å². The van der Waals surface area contributed by atoms with Crippen molar-refractivity contribution in [1.29, 1.82) is 5.26 Å². The number of phenolic OH excluding ortho intramolecular Hbond substituents is 1. The summed E-state index contributed by atoms with van der Waals surface area (Å²) < 4.78 is 40.0. The minimum absolute atomic E-state index is 0.112. The Kier molecular flexibility index (Phi) is 8.79. The summed E-state index contributed by atoms with van der Waals surface area (Å²) in [6, 6.07) is 18.5. The average molecular weight is 538 g/mol. The molecule has 1 amide bonds. The second kappa shape index (κ2) is 11.7. The van der Waals surface area contributed by atoms with Gasteiger partial charge in [-0.3, -0.25) is 9.52 Å². The maximum Gasteiger partial charge on any atom is 0.255 e. The third-order valence-corrected chi connectivity index (χ3v) is 6.87. The molecule has 200 valence electrons. The highest BCUT2D eigenvalue weighted by Crippen LogP contribution is 2.29. The maximum absolute atomic E-state index is 14.8. The number of carbonyl (C=O) groups excluding carboxylic acids is 1. The molecule has 0 radical (unpaired) electrons. The van der Waals surface area contributed by atoms with Crippen LogP contribution in [-0.4, -0.2) is 32.2 Å². The molecule has 0 aliphatic heterocycles. The molecule has 3 aromatic rings. The van der Waals surface area contributed by atoms with Gasteiger partial charge in [-0.15, -0.1) is 0 Å². The fraction of sp³-hybridized carbons (Fsp3) is 0.310. The summed E-state index contributed by atoms with van der Waals surface area (Å²) in [7, 11) is -3.66. The molecule has 1 atom stereocenters. The Balaban J connectivity index is 1.87. The number of aryl methyl sites for hydroxylation is 1. The molecule has 0 saturated heterocycles. The van der Waals surface area contributed by atoms with Gasteiger partial charge in [-0.25, -0.2) is 12.8 Å². The number of para-hydroxylation sites is 1. The number of rotatable bonds is 9. The molecule has 7 nitrogen and oxygen atoms in total. The highest BCUT2D eigenvalue weighted by Gasteiger charge is 2.20. The zero-order valence-electron chi connectivity index (χ0n) is 21.9. The third kappa shape index (κ3) is 7.56. The van der Waals surface area contributed by atoms with Gasteiger partial charge in [0.25, 0.3) is 5.91 Å². The van der Waals surface area contributed by atoms with Crippen molar-refractivity contribution in [3.8, 4) is 11.8 Å². The summed E-state index contributed by atoms with van der Waals surface area (Å²) in [4.78, 5) is 12.7. The molecule has 0 bridgehead atoms. The van der Waals surface area contributed by atoms with E-state index in [0.717, 1.165) is 17.4 Å². The van der Waals surface area contributed by atoms with Crippen LogP contribution >= 0.6 is 0 Å². The maximum atomic E-state index is 14.8. The lowest BCUT2D eigenvalue weighted by Gasteiger charge is -2.22. The minimum Gasteiger partial charge on any atom is -0.507 e. The van der Waals surface area contributed by atoms with Gasteiger partial charge < -0.3 is 10.4 Å². The van der Waals surface area contributed by atoms with Gasteiger partial charge >= 0.3 is 0 Å². The zero-order valence-corrected chi connectivity index (χ0v) is 22.7. The van der Waals surface area contributed by atoms with E-state index in [2.05, 4.69) is 36.9 Å². The number of amides is 1. The Morgan fingerprint density at radius 3 is 2.42 bits per heavy atom. The molecule has 3 rings (SSSR count). The fourth-order valence-corrected chi connectivity index (χ4v) is 4.69. The third-order valence-electron chi connectivity index (χ3n) is 6.28. The largest absolute Gasteiger partial charge is 0.507 e. The number of hydrogen-bond acceptors (Lipinski definition) is 5. The highest BCUT2D eigenvalue weighted by molar-refractivity contribution is 7.92. The molecule has 0 aliphatic rings. The van der Waals surface area contributed by atoms with Gasteiger partial charge in [-0.1, -0.05) is 51.1 Å². The summed E-state index contributed by atoms with van der Waals surface area (Å²) in [6.45, 7) is 6.35. The molecule has 1 unspecified atom stereocenters. The number of hydrogen-bond donors (Lipinski definition) is 3. The molecule has 0 heterocycles. The van der Waals surface area contributed by atoms with Crippen molar-refractivity contribution in [2.75, 3.05) is 17.5 Å². The molecular formula is C29H32FN3O4S. The van der Waals surface area contributed by atoms with Crippen molar-refractivity contribution in [3.05, 3.63) is 94.3 Å². The van der Waals surface area contributed by atoms with Gasteiger partial charge in [0, 0.05) is 12.5 Å². The first kappa shape index (κ1) is 28.7. The van der Waals surface area contributed by atoms with Gasteiger partial charge in [0.2, 0.25) is 10.0 Å². The molecule has 0 saturated carbocycles. The number of benzene rings is 3. The summed E-state index contributed by atoms with van der Waals surface area (Å²) in [5, 5.41) is 22.6. The number of carbonyl (C=O) groups is 1. The average Bonchev–Trinajstić information content (AvgIpc) is 2.84. The van der Waals surface area contributed by atoms with Crippen LogP contribution in [-0.2, 0) is 21.9 Å². The van der Waals surface area contributed by atoms with Crippen LogP contribution in [0.15, 0.2) is 60.7 Å². The lowest BCUT2D eigenvalue weighted by Crippen LogP contribution is -2.29. The first-order valence-corrected chi connectivity index (χ1v) is 14.0. The van der Waals surface area contributed by atoms with Gasteiger partial charge in [-0.05, 0) is 65.3 Å². The number of anilines is 1. The lowest BCUT2D eigenvalue weighted by molar-refractivity contribution is 0.0948. The van der Waals surface area contributed by atoms with E-state index in [0.29, 0.717) is 24.0 Å². The minimum atomic E-state index is -3.66. The van der Waals surface area contributed by atoms with E-state index in [1.165, 1.54) is 24.3 Å². The Hall–Kier alpha value is -3.90. The first-order chi connectivity index (χ1) is 17.8. The highest BCUT2D eigenvalue weighted by atomic mass is 32.2. The van der Waals surface area contributed by atoms with Crippen molar-refractivity contribution < 1.29 is 22.7 Å². The number of aromatic hydroxyl groups is 1. The topological polar surface area (TPSA) is 119 Å². The summed E-state index contributed by atoms with van der Waals surface area (Å²) >= 11 is 0.